The predicted octanol–water partition coefficient (Wildman–Crippen LogP) is 4.20. The van der Waals surface area contributed by atoms with E-state index in [0.29, 0.717) is 6.54 Å². The summed E-state index contributed by atoms with van der Waals surface area (Å²) < 4.78 is 0. The van der Waals surface area contributed by atoms with Crippen LogP contribution in [0.2, 0.25) is 5.02 Å². The van der Waals surface area contributed by atoms with E-state index in [1.54, 1.807) is 18.8 Å². The molecule has 0 saturated heterocycles. The predicted molar refractivity (Wildman–Crippen MR) is 80.3 cm³/mol. The summed E-state index contributed by atoms with van der Waals surface area (Å²) in [7, 11) is 1.57. The molecule has 3 nitrogen and oxygen atoms in total. The molecule has 0 saturated carbocycles. The maximum atomic E-state index is 10.7. The fourth-order valence-electron chi connectivity index (χ4n) is 1.68. The third kappa shape index (κ3) is 3.78. The van der Waals surface area contributed by atoms with Gasteiger partial charge in [0.2, 0.25) is 0 Å². The van der Waals surface area contributed by atoms with E-state index in [2.05, 4.69) is 6.07 Å². The normalized spacial score (nSPS) is 10.6. The number of carbonyl (C=O) groups is 1. The van der Waals surface area contributed by atoms with Gasteiger partial charge in [-0.2, -0.15) is 0 Å². The van der Waals surface area contributed by atoms with Crippen LogP contribution in [0.5, 0.6) is 0 Å². The second kappa shape index (κ2) is 6.17. The van der Waals surface area contributed by atoms with Crippen LogP contribution in [-0.2, 0) is 0 Å². The van der Waals surface area contributed by atoms with Crippen molar-refractivity contribution in [1.82, 2.24) is 4.90 Å². The fourth-order valence-corrected chi connectivity index (χ4v) is 2.84. The zero-order valence-electron chi connectivity index (χ0n) is 10.5. The molecular weight excluding hydrogens is 282 g/mol. The van der Waals surface area contributed by atoms with Gasteiger partial charge in [-0.15, -0.1) is 11.8 Å². The SMILES string of the molecule is CN(CCSc1ccc2cc(Cl)ccc2c1)C(=O)O. The van der Waals surface area contributed by atoms with Crippen LogP contribution in [0.1, 0.15) is 0 Å². The summed E-state index contributed by atoms with van der Waals surface area (Å²) in [4.78, 5) is 13.1. The van der Waals surface area contributed by atoms with Crippen molar-refractivity contribution in [3.63, 3.8) is 0 Å². The average Bonchev–Trinajstić information content (AvgIpc) is 2.38. The second-order valence-corrected chi connectivity index (χ2v) is 5.81. The highest BCUT2D eigenvalue weighted by molar-refractivity contribution is 7.99. The zero-order chi connectivity index (χ0) is 13.8. The van der Waals surface area contributed by atoms with Crippen molar-refractivity contribution in [2.75, 3.05) is 19.3 Å². The summed E-state index contributed by atoms with van der Waals surface area (Å²) in [5, 5.41) is 11.7. The highest BCUT2D eigenvalue weighted by Gasteiger charge is 2.05. The molecule has 0 aromatic heterocycles. The van der Waals surface area contributed by atoms with Crippen molar-refractivity contribution in [2.24, 2.45) is 0 Å². The molecule has 0 aliphatic heterocycles. The number of hydrogen-bond acceptors (Lipinski definition) is 2. The monoisotopic (exact) mass is 295 g/mol. The summed E-state index contributed by atoms with van der Waals surface area (Å²) >= 11 is 7.59. The van der Waals surface area contributed by atoms with Crippen LogP contribution < -0.4 is 0 Å². The van der Waals surface area contributed by atoms with E-state index in [-0.39, 0.29) is 0 Å². The third-order valence-electron chi connectivity index (χ3n) is 2.80. The molecule has 2 aromatic carbocycles. The molecule has 0 radical (unpaired) electrons. The standard InChI is InChI=1S/C14H14ClNO2S/c1-16(14(17)18)6-7-19-13-5-3-10-8-12(15)4-2-11(10)9-13/h2-5,8-9H,6-7H2,1H3,(H,17,18). The molecule has 0 unspecified atom stereocenters. The lowest BCUT2D eigenvalue weighted by Crippen LogP contribution is -2.26. The summed E-state index contributed by atoms with van der Waals surface area (Å²) in [6.07, 6.45) is -0.895. The maximum absolute atomic E-state index is 10.7. The van der Waals surface area contributed by atoms with Crippen LogP contribution >= 0.6 is 23.4 Å². The Bertz CT molecular complexity index is 603. The van der Waals surface area contributed by atoms with Gasteiger partial charge in [0.15, 0.2) is 0 Å². The first-order chi connectivity index (χ1) is 9.06. The van der Waals surface area contributed by atoms with E-state index in [1.807, 2.05) is 30.3 Å². The van der Waals surface area contributed by atoms with Gasteiger partial charge >= 0.3 is 6.09 Å². The van der Waals surface area contributed by atoms with Crippen molar-refractivity contribution in [3.05, 3.63) is 41.4 Å². The molecular formula is C14H14ClNO2S. The Morgan fingerprint density at radius 3 is 2.68 bits per heavy atom. The van der Waals surface area contributed by atoms with Gasteiger partial charge in [0.1, 0.15) is 0 Å². The number of halogens is 1. The molecule has 2 rings (SSSR count). The number of thioether (sulfide) groups is 1. The van der Waals surface area contributed by atoms with E-state index in [0.717, 1.165) is 26.4 Å². The van der Waals surface area contributed by atoms with Gasteiger partial charge in [-0.1, -0.05) is 23.7 Å². The number of fused-ring (bicyclic) bond motifs is 1. The molecule has 0 bridgehead atoms. The van der Waals surface area contributed by atoms with Crippen LogP contribution in [0, 0.1) is 0 Å². The molecule has 1 amide bonds. The number of benzene rings is 2. The highest BCUT2D eigenvalue weighted by Crippen LogP contribution is 2.25. The maximum Gasteiger partial charge on any atom is 0.407 e. The lowest BCUT2D eigenvalue weighted by Gasteiger charge is -2.12. The van der Waals surface area contributed by atoms with E-state index in [1.165, 1.54) is 4.90 Å². The molecule has 0 atom stereocenters. The quantitative estimate of drug-likeness (QED) is 0.860. The topological polar surface area (TPSA) is 40.5 Å². The third-order valence-corrected chi connectivity index (χ3v) is 4.00. The molecule has 19 heavy (non-hydrogen) atoms. The van der Waals surface area contributed by atoms with Gasteiger partial charge in [-0.25, -0.2) is 4.79 Å². The number of carboxylic acid groups (broad SMARTS) is 1. The summed E-state index contributed by atoms with van der Waals surface area (Å²) in [6, 6.07) is 12.0. The Balaban J connectivity index is 2.02. The van der Waals surface area contributed by atoms with Gasteiger partial charge in [0, 0.05) is 29.3 Å². The Morgan fingerprint density at radius 2 is 1.95 bits per heavy atom. The van der Waals surface area contributed by atoms with Gasteiger partial charge in [0.05, 0.1) is 0 Å². The fraction of sp³-hybridized carbons (Fsp3) is 0.214. The van der Waals surface area contributed by atoms with Crippen molar-refractivity contribution in [2.45, 2.75) is 4.90 Å². The minimum absolute atomic E-state index is 0.513. The average molecular weight is 296 g/mol. The van der Waals surface area contributed by atoms with E-state index < -0.39 is 6.09 Å². The summed E-state index contributed by atoms with van der Waals surface area (Å²) in [5.41, 5.74) is 0. The number of rotatable bonds is 4. The van der Waals surface area contributed by atoms with E-state index in [4.69, 9.17) is 16.7 Å². The second-order valence-electron chi connectivity index (χ2n) is 4.21. The largest absolute Gasteiger partial charge is 0.465 e. The number of amides is 1. The van der Waals surface area contributed by atoms with Crippen molar-refractivity contribution < 1.29 is 9.90 Å². The van der Waals surface area contributed by atoms with Crippen LogP contribution in [0.25, 0.3) is 10.8 Å². The first-order valence-corrected chi connectivity index (χ1v) is 7.19. The molecule has 0 spiro atoms. The summed E-state index contributed by atoms with van der Waals surface area (Å²) in [5.74, 6) is 0.738. The van der Waals surface area contributed by atoms with Crippen molar-refractivity contribution in [1.29, 1.82) is 0 Å². The minimum atomic E-state index is -0.895. The van der Waals surface area contributed by atoms with Gasteiger partial charge in [0.25, 0.3) is 0 Å². The van der Waals surface area contributed by atoms with Crippen LogP contribution in [0.4, 0.5) is 4.79 Å². The van der Waals surface area contributed by atoms with E-state index in [9.17, 15) is 4.79 Å². The molecule has 100 valence electrons. The first-order valence-electron chi connectivity index (χ1n) is 5.82. The molecule has 0 aliphatic rings. The Labute approximate surface area is 121 Å². The Hall–Kier alpha value is -1.39. The van der Waals surface area contributed by atoms with Crippen LogP contribution in [0.3, 0.4) is 0 Å². The molecule has 5 heteroatoms. The van der Waals surface area contributed by atoms with Crippen molar-refractivity contribution >= 4 is 40.2 Å². The smallest absolute Gasteiger partial charge is 0.407 e. The summed E-state index contributed by atoms with van der Waals surface area (Å²) in [6.45, 7) is 0.513. The molecule has 0 heterocycles. The zero-order valence-corrected chi connectivity index (χ0v) is 12.0. The lowest BCUT2D eigenvalue weighted by atomic mass is 10.1. The first kappa shape index (κ1) is 14.0. The van der Waals surface area contributed by atoms with Gasteiger partial charge in [-0.3, -0.25) is 0 Å². The molecule has 2 aromatic rings. The molecule has 0 fully saturated rings. The van der Waals surface area contributed by atoms with Gasteiger partial charge in [-0.05, 0) is 35.0 Å². The minimum Gasteiger partial charge on any atom is -0.465 e. The van der Waals surface area contributed by atoms with E-state index >= 15 is 0 Å². The van der Waals surface area contributed by atoms with Crippen molar-refractivity contribution in [3.8, 4) is 0 Å². The Kier molecular flexibility index (Phi) is 4.56. The van der Waals surface area contributed by atoms with Crippen LogP contribution in [0.15, 0.2) is 41.3 Å². The molecule has 0 aliphatic carbocycles. The Morgan fingerprint density at radius 1 is 1.26 bits per heavy atom. The number of nitrogens with zero attached hydrogens (tertiary/aromatic N) is 1. The number of hydrogen-bond donors (Lipinski definition) is 1. The lowest BCUT2D eigenvalue weighted by molar-refractivity contribution is 0.158. The molecule has 1 N–H and O–H groups in total. The van der Waals surface area contributed by atoms with Crippen LogP contribution in [-0.4, -0.2) is 35.4 Å². The highest BCUT2D eigenvalue weighted by atomic mass is 35.5. The van der Waals surface area contributed by atoms with Gasteiger partial charge < -0.3 is 10.0 Å².